The summed E-state index contributed by atoms with van der Waals surface area (Å²) >= 11 is 0. The van der Waals surface area contributed by atoms with E-state index in [2.05, 4.69) is 21.8 Å². The number of nitrogens with zero attached hydrogens (tertiary/aromatic N) is 2. The van der Waals surface area contributed by atoms with Crippen molar-refractivity contribution in [1.82, 2.24) is 9.97 Å². The molecule has 5 heteroatoms. The number of hydrogen-bond acceptors (Lipinski definition) is 5. The third-order valence-corrected chi connectivity index (χ3v) is 2.73. The lowest BCUT2D eigenvalue weighted by atomic mass is 9.92. The van der Waals surface area contributed by atoms with Crippen LogP contribution in [0.4, 0.5) is 0 Å². The molecule has 1 aromatic rings. The number of ether oxygens (including phenoxy) is 3. The first-order chi connectivity index (χ1) is 8.81. The van der Waals surface area contributed by atoms with Crippen molar-refractivity contribution in [2.24, 2.45) is 0 Å². The average Bonchev–Trinajstić information content (AvgIpc) is 2.35. The lowest BCUT2D eigenvalue weighted by Crippen LogP contribution is -2.38. The zero-order valence-electron chi connectivity index (χ0n) is 10.5. The van der Waals surface area contributed by atoms with Crippen LogP contribution >= 0.6 is 0 Å². The van der Waals surface area contributed by atoms with Crippen LogP contribution in [0.3, 0.4) is 0 Å². The van der Waals surface area contributed by atoms with Gasteiger partial charge in [0.25, 0.3) is 0 Å². The Morgan fingerprint density at radius 2 is 1.94 bits per heavy atom. The van der Waals surface area contributed by atoms with E-state index in [0.717, 1.165) is 12.8 Å². The summed E-state index contributed by atoms with van der Waals surface area (Å²) in [6.07, 6.45) is 5.67. The van der Waals surface area contributed by atoms with Crippen LogP contribution in [0, 0.1) is 11.8 Å². The Morgan fingerprint density at radius 3 is 2.56 bits per heavy atom. The van der Waals surface area contributed by atoms with Crippen LogP contribution < -0.4 is 4.74 Å². The standard InChI is InChI=1S/C13H16N2O3/c1-16-5-3-4-13-14-8-12(9-15-13)18-11-6-10(7-11)17-2/h8-11H,5-7H2,1-2H3/t10-,11-. The Bertz CT molecular complexity index is 430. The van der Waals surface area contributed by atoms with Crippen molar-refractivity contribution < 1.29 is 14.2 Å². The molecule has 1 saturated carbocycles. The van der Waals surface area contributed by atoms with E-state index in [-0.39, 0.29) is 6.10 Å². The number of hydrogen-bond donors (Lipinski definition) is 0. The molecule has 2 rings (SSSR count). The van der Waals surface area contributed by atoms with Crippen molar-refractivity contribution in [3.8, 4) is 17.6 Å². The second-order valence-corrected chi connectivity index (χ2v) is 4.05. The summed E-state index contributed by atoms with van der Waals surface area (Å²) in [5, 5.41) is 0. The minimum absolute atomic E-state index is 0.212. The van der Waals surface area contributed by atoms with Crippen LogP contribution in [-0.4, -0.2) is 43.0 Å². The molecule has 0 aliphatic heterocycles. The fourth-order valence-corrected chi connectivity index (χ4v) is 1.63. The molecule has 1 aliphatic carbocycles. The minimum Gasteiger partial charge on any atom is -0.487 e. The molecule has 0 unspecified atom stereocenters. The average molecular weight is 248 g/mol. The van der Waals surface area contributed by atoms with E-state index in [1.54, 1.807) is 26.6 Å². The normalized spacial score (nSPS) is 21.7. The van der Waals surface area contributed by atoms with Crippen LogP contribution in [0.2, 0.25) is 0 Å². The van der Waals surface area contributed by atoms with E-state index in [0.29, 0.717) is 24.3 Å². The van der Waals surface area contributed by atoms with Crippen LogP contribution in [-0.2, 0) is 9.47 Å². The molecule has 1 fully saturated rings. The van der Waals surface area contributed by atoms with Crippen molar-refractivity contribution in [2.45, 2.75) is 25.0 Å². The van der Waals surface area contributed by atoms with Gasteiger partial charge in [0.05, 0.1) is 18.5 Å². The van der Waals surface area contributed by atoms with Gasteiger partial charge >= 0.3 is 0 Å². The van der Waals surface area contributed by atoms with Gasteiger partial charge in [-0.1, -0.05) is 5.92 Å². The molecule has 18 heavy (non-hydrogen) atoms. The molecule has 0 radical (unpaired) electrons. The second-order valence-electron chi connectivity index (χ2n) is 4.05. The summed E-state index contributed by atoms with van der Waals surface area (Å²) in [4.78, 5) is 8.21. The molecule has 0 saturated heterocycles. The lowest BCUT2D eigenvalue weighted by Gasteiger charge is -2.33. The van der Waals surface area contributed by atoms with Crippen LogP contribution in [0.25, 0.3) is 0 Å². The molecular weight excluding hydrogens is 232 g/mol. The minimum atomic E-state index is 0.212. The molecule has 0 spiro atoms. The van der Waals surface area contributed by atoms with Gasteiger partial charge in [0.2, 0.25) is 5.82 Å². The summed E-state index contributed by atoms with van der Waals surface area (Å²) in [5.74, 6) is 6.74. The topological polar surface area (TPSA) is 53.5 Å². The van der Waals surface area contributed by atoms with Crippen LogP contribution in [0.5, 0.6) is 5.75 Å². The van der Waals surface area contributed by atoms with E-state index in [1.165, 1.54) is 0 Å². The second kappa shape index (κ2) is 6.34. The molecule has 0 atom stereocenters. The van der Waals surface area contributed by atoms with Crippen molar-refractivity contribution in [1.29, 1.82) is 0 Å². The Hall–Kier alpha value is -1.64. The van der Waals surface area contributed by atoms with Gasteiger partial charge in [0.1, 0.15) is 12.7 Å². The fourth-order valence-electron chi connectivity index (χ4n) is 1.63. The van der Waals surface area contributed by atoms with Gasteiger partial charge < -0.3 is 14.2 Å². The first-order valence-corrected chi connectivity index (χ1v) is 5.81. The highest BCUT2D eigenvalue weighted by Crippen LogP contribution is 2.26. The number of aromatic nitrogens is 2. The smallest absolute Gasteiger partial charge is 0.205 e. The molecular formula is C13H16N2O3. The quantitative estimate of drug-likeness (QED) is 0.745. The Labute approximate surface area is 106 Å². The van der Waals surface area contributed by atoms with Crippen molar-refractivity contribution in [2.75, 3.05) is 20.8 Å². The summed E-state index contributed by atoms with van der Waals surface area (Å²) in [6.45, 7) is 0.377. The molecule has 1 aliphatic rings. The van der Waals surface area contributed by atoms with E-state index in [9.17, 15) is 0 Å². The fraction of sp³-hybridized carbons (Fsp3) is 0.538. The molecule has 5 nitrogen and oxygen atoms in total. The van der Waals surface area contributed by atoms with Gasteiger partial charge in [0, 0.05) is 27.1 Å². The molecule has 0 amide bonds. The first kappa shape index (κ1) is 12.8. The van der Waals surface area contributed by atoms with Gasteiger partial charge in [-0.25, -0.2) is 9.97 Å². The van der Waals surface area contributed by atoms with E-state index < -0.39 is 0 Å². The van der Waals surface area contributed by atoms with Crippen molar-refractivity contribution in [3.05, 3.63) is 18.2 Å². The Balaban J connectivity index is 1.83. The van der Waals surface area contributed by atoms with Crippen LogP contribution in [0.15, 0.2) is 12.4 Å². The van der Waals surface area contributed by atoms with Crippen LogP contribution in [0.1, 0.15) is 18.7 Å². The van der Waals surface area contributed by atoms with Gasteiger partial charge in [0.15, 0.2) is 5.75 Å². The summed E-state index contributed by atoms with van der Waals surface area (Å²) in [5.41, 5.74) is 0. The predicted molar refractivity (Wildman–Crippen MR) is 65.2 cm³/mol. The molecule has 1 heterocycles. The van der Waals surface area contributed by atoms with Crippen molar-refractivity contribution in [3.63, 3.8) is 0 Å². The molecule has 0 N–H and O–H groups in total. The van der Waals surface area contributed by atoms with Gasteiger partial charge in [-0.05, 0) is 5.92 Å². The highest BCUT2D eigenvalue weighted by Gasteiger charge is 2.30. The molecule has 0 aromatic carbocycles. The maximum atomic E-state index is 5.69. The maximum absolute atomic E-state index is 5.69. The lowest BCUT2D eigenvalue weighted by molar-refractivity contribution is -0.0383. The van der Waals surface area contributed by atoms with E-state index in [4.69, 9.17) is 14.2 Å². The summed E-state index contributed by atoms with van der Waals surface area (Å²) in [6, 6.07) is 0. The van der Waals surface area contributed by atoms with Crippen molar-refractivity contribution >= 4 is 0 Å². The molecule has 1 aromatic heterocycles. The first-order valence-electron chi connectivity index (χ1n) is 5.81. The monoisotopic (exact) mass is 248 g/mol. The van der Waals surface area contributed by atoms with Gasteiger partial charge in [-0.3, -0.25) is 0 Å². The Morgan fingerprint density at radius 1 is 1.22 bits per heavy atom. The largest absolute Gasteiger partial charge is 0.487 e. The van der Waals surface area contributed by atoms with E-state index in [1.807, 2.05) is 0 Å². The highest BCUT2D eigenvalue weighted by molar-refractivity contribution is 5.23. The van der Waals surface area contributed by atoms with Gasteiger partial charge in [-0.2, -0.15) is 0 Å². The Kier molecular flexibility index (Phi) is 4.51. The maximum Gasteiger partial charge on any atom is 0.205 e. The zero-order chi connectivity index (χ0) is 12.8. The SMILES string of the molecule is COCC#Cc1ncc(O[C@H]2C[C@H](OC)C2)cn1. The highest BCUT2D eigenvalue weighted by atomic mass is 16.5. The summed E-state index contributed by atoms with van der Waals surface area (Å²) < 4.78 is 15.7. The third kappa shape index (κ3) is 3.42. The number of methoxy groups -OCH3 is 2. The molecule has 0 bridgehead atoms. The predicted octanol–water partition coefficient (Wildman–Crippen LogP) is 1.03. The zero-order valence-corrected chi connectivity index (χ0v) is 10.5. The third-order valence-electron chi connectivity index (χ3n) is 2.73. The van der Waals surface area contributed by atoms with Gasteiger partial charge in [-0.15, -0.1) is 0 Å². The molecule has 96 valence electrons. The van der Waals surface area contributed by atoms with E-state index >= 15 is 0 Å². The number of rotatable bonds is 4. The summed E-state index contributed by atoms with van der Waals surface area (Å²) in [7, 11) is 3.32.